The van der Waals surface area contributed by atoms with Gasteiger partial charge in [0, 0.05) is 18.5 Å². The standard InChI is InChI=1S/C17H21NO4S/c19-16(20)5-6-17-9-12(10-17)11-18(17)23(21,22)15-7-13-3-1-2-4-14(13)8-15/h1-4,12,15H,5-11H2,(H,19,20). The van der Waals surface area contributed by atoms with E-state index in [1.54, 1.807) is 4.31 Å². The molecule has 124 valence electrons. The van der Waals surface area contributed by atoms with Gasteiger partial charge in [-0.3, -0.25) is 4.79 Å². The van der Waals surface area contributed by atoms with Crippen LogP contribution in [0.15, 0.2) is 24.3 Å². The normalized spacial score (nSPS) is 30.2. The molecule has 0 spiro atoms. The van der Waals surface area contributed by atoms with Crippen LogP contribution in [0.1, 0.15) is 36.8 Å². The Morgan fingerprint density at radius 1 is 1.22 bits per heavy atom. The molecule has 2 aliphatic carbocycles. The lowest BCUT2D eigenvalue weighted by molar-refractivity contribution is -0.137. The van der Waals surface area contributed by atoms with E-state index in [9.17, 15) is 13.2 Å². The highest BCUT2D eigenvalue weighted by Gasteiger charge is 2.60. The summed E-state index contributed by atoms with van der Waals surface area (Å²) in [6.45, 7) is 0.578. The number of nitrogens with zero attached hydrogens (tertiary/aromatic N) is 1. The zero-order valence-electron chi connectivity index (χ0n) is 12.9. The number of hydrogen-bond acceptors (Lipinski definition) is 3. The van der Waals surface area contributed by atoms with Gasteiger partial charge in [0.2, 0.25) is 10.0 Å². The number of fused-ring (bicyclic) bond motifs is 2. The topological polar surface area (TPSA) is 74.7 Å². The first-order valence-corrected chi connectivity index (χ1v) is 9.71. The van der Waals surface area contributed by atoms with Gasteiger partial charge in [-0.25, -0.2) is 8.42 Å². The molecule has 0 unspecified atom stereocenters. The third-order valence-corrected chi connectivity index (χ3v) is 8.16. The molecule has 2 saturated heterocycles. The second kappa shape index (κ2) is 5.05. The van der Waals surface area contributed by atoms with Gasteiger partial charge in [0.25, 0.3) is 0 Å². The number of rotatable bonds is 5. The molecule has 1 aromatic carbocycles. The fourth-order valence-corrected chi connectivity index (χ4v) is 7.07. The molecule has 2 heterocycles. The van der Waals surface area contributed by atoms with Crippen LogP contribution in [0.5, 0.6) is 0 Å². The summed E-state index contributed by atoms with van der Waals surface area (Å²) in [6, 6.07) is 7.92. The second-order valence-electron chi connectivity index (χ2n) is 7.27. The van der Waals surface area contributed by atoms with Gasteiger partial charge in [-0.1, -0.05) is 24.3 Å². The maximum Gasteiger partial charge on any atom is 0.303 e. The van der Waals surface area contributed by atoms with Crippen molar-refractivity contribution in [1.82, 2.24) is 4.31 Å². The lowest BCUT2D eigenvalue weighted by atomic mass is 9.71. The van der Waals surface area contributed by atoms with Crippen molar-refractivity contribution < 1.29 is 18.3 Å². The summed E-state index contributed by atoms with van der Waals surface area (Å²) in [5.74, 6) is -0.428. The fraction of sp³-hybridized carbons (Fsp3) is 0.588. The van der Waals surface area contributed by atoms with Gasteiger partial charge in [0.15, 0.2) is 0 Å². The molecule has 0 radical (unpaired) electrons. The van der Waals surface area contributed by atoms with E-state index >= 15 is 0 Å². The van der Waals surface area contributed by atoms with Crippen LogP contribution in [0, 0.1) is 5.92 Å². The first kappa shape index (κ1) is 15.1. The van der Waals surface area contributed by atoms with Crippen LogP contribution in [-0.4, -0.2) is 41.1 Å². The average Bonchev–Trinajstić information content (AvgIpc) is 3.15. The van der Waals surface area contributed by atoms with E-state index in [0.717, 1.165) is 24.0 Å². The minimum atomic E-state index is -3.38. The molecule has 0 aromatic heterocycles. The Kier molecular flexibility index (Phi) is 3.32. The number of carbonyl (C=O) groups is 1. The third kappa shape index (κ3) is 2.31. The second-order valence-corrected chi connectivity index (χ2v) is 9.40. The van der Waals surface area contributed by atoms with Crippen LogP contribution in [0.3, 0.4) is 0 Å². The monoisotopic (exact) mass is 335 g/mol. The summed E-state index contributed by atoms with van der Waals surface area (Å²) >= 11 is 0. The van der Waals surface area contributed by atoms with E-state index in [4.69, 9.17) is 5.11 Å². The first-order valence-electron chi connectivity index (χ1n) is 8.21. The minimum absolute atomic E-state index is 0.0453. The summed E-state index contributed by atoms with van der Waals surface area (Å²) in [4.78, 5) is 10.9. The zero-order valence-corrected chi connectivity index (χ0v) is 13.8. The average molecular weight is 335 g/mol. The number of carboxylic acid groups (broad SMARTS) is 1. The number of hydrogen-bond donors (Lipinski definition) is 1. The maximum absolute atomic E-state index is 13.2. The van der Waals surface area contributed by atoms with Crippen molar-refractivity contribution >= 4 is 16.0 Å². The van der Waals surface area contributed by atoms with Crippen LogP contribution < -0.4 is 0 Å². The van der Waals surface area contributed by atoms with Gasteiger partial charge < -0.3 is 5.11 Å². The molecule has 1 aromatic rings. The summed E-state index contributed by atoms with van der Waals surface area (Å²) < 4.78 is 28.0. The Bertz CT molecular complexity index is 727. The van der Waals surface area contributed by atoms with Gasteiger partial charge in [-0.05, 0) is 49.1 Å². The smallest absolute Gasteiger partial charge is 0.303 e. The van der Waals surface area contributed by atoms with Crippen LogP contribution in [0.2, 0.25) is 0 Å². The van der Waals surface area contributed by atoms with Gasteiger partial charge in [0.1, 0.15) is 0 Å². The molecule has 5 rings (SSSR count). The molecular formula is C17H21NO4S. The Morgan fingerprint density at radius 3 is 2.39 bits per heavy atom. The molecule has 0 atom stereocenters. The Balaban J connectivity index is 1.56. The molecule has 0 amide bonds. The van der Waals surface area contributed by atoms with Crippen molar-refractivity contribution in [3.8, 4) is 0 Å². The minimum Gasteiger partial charge on any atom is -0.481 e. The molecule has 2 bridgehead atoms. The van der Waals surface area contributed by atoms with E-state index in [1.165, 1.54) is 0 Å². The van der Waals surface area contributed by atoms with Crippen LogP contribution in [-0.2, 0) is 27.7 Å². The quantitative estimate of drug-likeness (QED) is 0.890. The van der Waals surface area contributed by atoms with Gasteiger partial charge in [0.05, 0.1) is 5.25 Å². The molecule has 23 heavy (non-hydrogen) atoms. The predicted molar refractivity (Wildman–Crippen MR) is 85.6 cm³/mol. The lowest BCUT2D eigenvalue weighted by Crippen LogP contribution is -2.51. The molecule has 5 nitrogen and oxygen atoms in total. The highest BCUT2D eigenvalue weighted by molar-refractivity contribution is 7.89. The van der Waals surface area contributed by atoms with Crippen molar-refractivity contribution in [1.29, 1.82) is 0 Å². The van der Waals surface area contributed by atoms with E-state index in [2.05, 4.69) is 0 Å². The number of carboxylic acids is 1. The summed E-state index contributed by atoms with van der Waals surface area (Å²) in [6.07, 6.45) is 3.31. The SMILES string of the molecule is O=C(O)CCC12CC(CN1S(=O)(=O)C1Cc3ccccc3C1)C2. The van der Waals surface area contributed by atoms with Gasteiger partial charge in [-0.2, -0.15) is 4.31 Å². The van der Waals surface area contributed by atoms with Gasteiger partial charge >= 0.3 is 5.97 Å². The first-order chi connectivity index (χ1) is 10.9. The van der Waals surface area contributed by atoms with Crippen molar-refractivity contribution in [2.45, 2.75) is 49.3 Å². The highest BCUT2D eigenvalue weighted by atomic mass is 32.2. The number of sulfonamides is 1. The molecule has 1 N–H and O–H groups in total. The van der Waals surface area contributed by atoms with Crippen LogP contribution in [0.4, 0.5) is 0 Å². The Labute approximate surface area is 136 Å². The molecule has 2 aliphatic heterocycles. The van der Waals surface area contributed by atoms with Crippen LogP contribution >= 0.6 is 0 Å². The van der Waals surface area contributed by atoms with Crippen molar-refractivity contribution in [2.75, 3.05) is 6.54 Å². The van der Waals surface area contributed by atoms with Crippen LogP contribution in [0.25, 0.3) is 0 Å². The molecule has 6 heteroatoms. The van der Waals surface area contributed by atoms with E-state index in [0.29, 0.717) is 31.7 Å². The third-order valence-electron chi connectivity index (χ3n) is 5.84. The number of aliphatic carboxylic acids is 1. The van der Waals surface area contributed by atoms with Crippen molar-refractivity contribution in [3.63, 3.8) is 0 Å². The Hall–Kier alpha value is -1.40. The molecular weight excluding hydrogens is 314 g/mol. The Morgan fingerprint density at radius 2 is 1.83 bits per heavy atom. The fourth-order valence-electron chi connectivity index (χ4n) is 4.73. The lowest BCUT2D eigenvalue weighted by Gasteiger charge is -2.42. The number of benzene rings is 1. The summed E-state index contributed by atoms with van der Waals surface area (Å²) in [5, 5.41) is 8.57. The van der Waals surface area contributed by atoms with E-state index < -0.39 is 21.5 Å². The highest BCUT2D eigenvalue weighted by Crippen LogP contribution is 2.55. The van der Waals surface area contributed by atoms with Gasteiger partial charge in [-0.15, -0.1) is 0 Å². The van der Waals surface area contributed by atoms with Crippen molar-refractivity contribution in [3.05, 3.63) is 35.4 Å². The summed E-state index contributed by atoms with van der Waals surface area (Å²) in [5.41, 5.74) is 1.84. The summed E-state index contributed by atoms with van der Waals surface area (Å²) in [7, 11) is -3.38. The van der Waals surface area contributed by atoms with E-state index in [-0.39, 0.29) is 11.7 Å². The zero-order chi connectivity index (χ0) is 16.2. The van der Waals surface area contributed by atoms with Crippen molar-refractivity contribution in [2.24, 2.45) is 5.92 Å². The molecule has 4 aliphatic rings. The predicted octanol–water partition coefficient (Wildman–Crippen LogP) is 1.81. The van der Waals surface area contributed by atoms with E-state index in [1.807, 2.05) is 24.3 Å². The molecule has 3 fully saturated rings. The largest absolute Gasteiger partial charge is 0.481 e. The maximum atomic E-state index is 13.2. The molecule has 1 saturated carbocycles.